The van der Waals surface area contributed by atoms with Gasteiger partial charge in [-0.05, 0) is 59.7 Å². The van der Waals surface area contributed by atoms with E-state index in [0.29, 0.717) is 34.9 Å². The van der Waals surface area contributed by atoms with E-state index in [0.717, 1.165) is 10.0 Å². The number of rotatable bonds is 10. The van der Waals surface area contributed by atoms with Gasteiger partial charge in [-0.15, -0.1) is 0 Å². The molecule has 0 saturated carbocycles. The molecule has 8 nitrogen and oxygen atoms in total. The number of nitro groups is 1. The maximum absolute atomic E-state index is 12.9. The molecule has 0 bridgehead atoms. The van der Waals surface area contributed by atoms with Gasteiger partial charge in [0.15, 0.2) is 0 Å². The Hall–Kier alpha value is -4.94. The van der Waals surface area contributed by atoms with Crippen LogP contribution >= 0.6 is 15.9 Å². The van der Waals surface area contributed by atoms with Crippen LogP contribution in [0.5, 0.6) is 11.5 Å². The Bertz CT molecular complexity index is 1550. The van der Waals surface area contributed by atoms with E-state index in [1.807, 2.05) is 36.4 Å². The first-order valence-corrected chi connectivity index (χ1v) is 12.6. The number of benzene rings is 4. The average Bonchev–Trinajstić information content (AvgIpc) is 2.95. The summed E-state index contributed by atoms with van der Waals surface area (Å²) >= 11 is 3.40. The highest BCUT2D eigenvalue weighted by atomic mass is 79.9. The zero-order valence-corrected chi connectivity index (χ0v) is 22.1. The van der Waals surface area contributed by atoms with Crippen molar-refractivity contribution < 1.29 is 19.2 Å². The number of nitriles is 1. The number of hydrogen-bond donors (Lipinski definition) is 1. The summed E-state index contributed by atoms with van der Waals surface area (Å²) in [4.78, 5) is 23.4. The number of nitro benzene ring substituents is 1. The van der Waals surface area contributed by atoms with Crippen LogP contribution in [0, 0.1) is 21.4 Å². The normalized spacial score (nSPS) is 10.8. The fourth-order valence-corrected chi connectivity index (χ4v) is 3.94. The second-order valence-corrected chi connectivity index (χ2v) is 9.24. The van der Waals surface area contributed by atoms with Gasteiger partial charge in [0.2, 0.25) is 0 Å². The molecule has 39 heavy (non-hydrogen) atoms. The van der Waals surface area contributed by atoms with E-state index in [4.69, 9.17) is 9.47 Å². The van der Waals surface area contributed by atoms with Crippen LogP contribution in [-0.2, 0) is 18.0 Å². The van der Waals surface area contributed by atoms with Gasteiger partial charge in [0.05, 0.1) is 4.92 Å². The maximum atomic E-state index is 12.9. The van der Waals surface area contributed by atoms with E-state index < -0.39 is 10.8 Å². The number of carbonyl (C=O) groups is 1. The Labute approximate surface area is 233 Å². The van der Waals surface area contributed by atoms with Gasteiger partial charge in [-0.2, -0.15) is 5.26 Å². The number of non-ortho nitro benzene ring substituents is 1. The van der Waals surface area contributed by atoms with Crippen molar-refractivity contribution in [2.45, 2.75) is 13.2 Å². The largest absolute Gasteiger partial charge is 0.489 e. The lowest BCUT2D eigenvalue weighted by Crippen LogP contribution is -2.13. The summed E-state index contributed by atoms with van der Waals surface area (Å²) < 4.78 is 12.4. The minimum Gasteiger partial charge on any atom is -0.489 e. The summed E-state index contributed by atoms with van der Waals surface area (Å²) in [6, 6.07) is 29.9. The third kappa shape index (κ3) is 7.77. The highest BCUT2D eigenvalue weighted by Crippen LogP contribution is 2.27. The Morgan fingerprint density at radius 1 is 0.923 bits per heavy atom. The summed E-state index contributed by atoms with van der Waals surface area (Å²) in [5.41, 5.74) is 2.48. The lowest BCUT2D eigenvalue weighted by Gasteiger charge is -2.11. The minimum atomic E-state index is -0.583. The Morgan fingerprint density at radius 3 is 2.36 bits per heavy atom. The molecule has 1 amide bonds. The topological polar surface area (TPSA) is 114 Å². The zero-order chi connectivity index (χ0) is 27.6. The molecule has 0 aliphatic heterocycles. The van der Waals surface area contributed by atoms with Gasteiger partial charge in [0.25, 0.3) is 11.6 Å². The molecule has 1 N–H and O–H groups in total. The summed E-state index contributed by atoms with van der Waals surface area (Å²) in [6.07, 6.45) is 1.43. The number of halogens is 1. The molecule has 0 atom stereocenters. The number of nitrogens with one attached hydrogen (secondary N) is 1. The molecule has 0 fully saturated rings. The van der Waals surface area contributed by atoms with Gasteiger partial charge >= 0.3 is 0 Å². The zero-order valence-electron chi connectivity index (χ0n) is 20.5. The number of nitrogens with zero attached hydrogens (tertiary/aromatic N) is 2. The molecule has 0 aliphatic carbocycles. The van der Waals surface area contributed by atoms with Gasteiger partial charge in [-0.3, -0.25) is 14.9 Å². The Balaban J connectivity index is 1.44. The van der Waals surface area contributed by atoms with Crippen LogP contribution < -0.4 is 14.8 Å². The molecule has 4 aromatic carbocycles. The highest BCUT2D eigenvalue weighted by Gasteiger charge is 2.13. The molecule has 0 saturated heterocycles. The number of hydrogen-bond acceptors (Lipinski definition) is 6. The van der Waals surface area contributed by atoms with Crippen molar-refractivity contribution in [2.24, 2.45) is 0 Å². The lowest BCUT2D eigenvalue weighted by atomic mass is 10.1. The second-order valence-electron chi connectivity index (χ2n) is 8.32. The third-order valence-corrected chi connectivity index (χ3v) is 6.01. The van der Waals surface area contributed by atoms with Crippen LogP contribution in [0.15, 0.2) is 107 Å². The van der Waals surface area contributed by atoms with Crippen LogP contribution in [0.25, 0.3) is 6.08 Å². The molecule has 4 rings (SSSR count). The smallest absolute Gasteiger partial charge is 0.269 e. The Morgan fingerprint density at radius 2 is 1.64 bits per heavy atom. The number of anilines is 1. The summed E-state index contributed by atoms with van der Waals surface area (Å²) in [6.45, 7) is 0.489. The molecule has 4 aromatic rings. The molecule has 0 aromatic heterocycles. The number of ether oxygens (including phenoxy) is 2. The molecule has 0 radical (unpaired) electrons. The van der Waals surface area contributed by atoms with Crippen LogP contribution in [0.4, 0.5) is 11.4 Å². The van der Waals surface area contributed by atoms with Crippen LogP contribution in [-0.4, -0.2) is 10.8 Å². The van der Waals surface area contributed by atoms with Crippen molar-refractivity contribution in [2.75, 3.05) is 5.32 Å². The van der Waals surface area contributed by atoms with Gasteiger partial charge in [0, 0.05) is 27.9 Å². The molecule has 9 heteroatoms. The van der Waals surface area contributed by atoms with Crippen molar-refractivity contribution in [1.29, 1.82) is 5.26 Å². The highest BCUT2D eigenvalue weighted by molar-refractivity contribution is 9.10. The average molecular weight is 584 g/mol. The fraction of sp³-hybridized carbons (Fsp3) is 0.0667. The predicted molar refractivity (Wildman–Crippen MR) is 151 cm³/mol. The first-order valence-electron chi connectivity index (χ1n) is 11.8. The van der Waals surface area contributed by atoms with Gasteiger partial charge < -0.3 is 14.8 Å². The number of carbonyl (C=O) groups excluding carboxylic acids is 1. The molecular formula is C30H22BrN3O5. The van der Waals surface area contributed by atoms with Crippen LogP contribution in [0.3, 0.4) is 0 Å². The van der Waals surface area contributed by atoms with Crippen LogP contribution in [0.1, 0.15) is 16.7 Å². The minimum absolute atomic E-state index is 0.0359. The van der Waals surface area contributed by atoms with Gasteiger partial charge in [0.1, 0.15) is 36.4 Å². The van der Waals surface area contributed by atoms with E-state index >= 15 is 0 Å². The van der Waals surface area contributed by atoms with E-state index in [1.165, 1.54) is 18.2 Å². The summed E-state index contributed by atoms with van der Waals surface area (Å²) in [5, 5.41) is 23.5. The van der Waals surface area contributed by atoms with Gasteiger partial charge in [-0.25, -0.2) is 0 Å². The molecule has 0 spiro atoms. The van der Waals surface area contributed by atoms with E-state index in [2.05, 4.69) is 21.2 Å². The first-order chi connectivity index (χ1) is 18.9. The van der Waals surface area contributed by atoms with Crippen molar-refractivity contribution in [3.05, 3.63) is 134 Å². The lowest BCUT2D eigenvalue weighted by molar-refractivity contribution is -0.384. The summed E-state index contributed by atoms with van der Waals surface area (Å²) in [5.74, 6) is 0.470. The standard InChI is InChI=1S/C30H22BrN3O5/c31-25-9-14-29(39-20-22-7-4-8-27(15-22)34(36)37)23(17-25)16-24(18-32)30(35)33-26-10-12-28(13-11-26)38-19-21-5-2-1-3-6-21/h1-17H,19-20H2,(H,33,35)/b24-16+. The van der Waals surface area contributed by atoms with Crippen molar-refractivity contribution in [1.82, 2.24) is 0 Å². The molecule has 0 heterocycles. The number of amides is 1. The molecular weight excluding hydrogens is 562 g/mol. The van der Waals surface area contributed by atoms with E-state index in [-0.39, 0.29) is 17.9 Å². The van der Waals surface area contributed by atoms with Crippen molar-refractivity contribution in [3.8, 4) is 17.6 Å². The fourth-order valence-electron chi connectivity index (χ4n) is 3.56. The van der Waals surface area contributed by atoms with Crippen molar-refractivity contribution >= 4 is 39.3 Å². The van der Waals surface area contributed by atoms with Gasteiger partial charge in [-0.1, -0.05) is 58.4 Å². The maximum Gasteiger partial charge on any atom is 0.269 e. The molecule has 0 unspecified atom stereocenters. The predicted octanol–water partition coefficient (Wildman–Crippen LogP) is 7.06. The second kappa shape index (κ2) is 13.0. The SMILES string of the molecule is N#C/C(=C\c1cc(Br)ccc1OCc1cccc([N+](=O)[O-])c1)C(=O)Nc1ccc(OCc2ccccc2)cc1. The quantitative estimate of drug-likeness (QED) is 0.0924. The van der Waals surface area contributed by atoms with E-state index in [1.54, 1.807) is 54.6 Å². The molecule has 194 valence electrons. The van der Waals surface area contributed by atoms with Crippen LogP contribution in [0.2, 0.25) is 0 Å². The third-order valence-electron chi connectivity index (χ3n) is 5.51. The summed E-state index contributed by atoms with van der Waals surface area (Å²) in [7, 11) is 0. The van der Waals surface area contributed by atoms with E-state index in [9.17, 15) is 20.2 Å². The Kier molecular flexibility index (Phi) is 9.06. The molecule has 0 aliphatic rings. The monoisotopic (exact) mass is 583 g/mol. The van der Waals surface area contributed by atoms with Crippen molar-refractivity contribution in [3.63, 3.8) is 0 Å². The first kappa shape index (κ1) is 27.1.